The second-order valence-corrected chi connectivity index (χ2v) is 4.80. The molecule has 1 rings (SSSR count). The Labute approximate surface area is 110 Å². The highest BCUT2D eigenvalue weighted by atomic mass is 19.1. The number of amides is 1. The number of hydrogen-bond donors (Lipinski definition) is 3. The van der Waals surface area contributed by atoms with Gasteiger partial charge in [0, 0.05) is 5.69 Å². The first-order valence-corrected chi connectivity index (χ1v) is 5.77. The van der Waals surface area contributed by atoms with Crippen molar-refractivity contribution in [2.45, 2.75) is 26.3 Å². The molecule has 1 aromatic carbocycles. The molecule has 0 saturated heterocycles. The molecule has 5 nitrogen and oxygen atoms in total. The number of hydrogen-bond acceptors (Lipinski definition) is 3. The molecule has 19 heavy (non-hydrogen) atoms. The quantitative estimate of drug-likeness (QED) is 0.756. The summed E-state index contributed by atoms with van der Waals surface area (Å²) >= 11 is 0. The van der Waals surface area contributed by atoms with Crippen LogP contribution in [0.2, 0.25) is 0 Å². The molecule has 6 heteroatoms. The van der Waals surface area contributed by atoms with E-state index in [9.17, 15) is 14.0 Å². The van der Waals surface area contributed by atoms with Gasteiger partial charge >= 0.3 is 5.97 Å². The molecule has 0 bridgehead atoms. The Morgan fingerprint density at radius 2 is 2.00 bits per heavy atom. The van der Waals surface area contributed by atoms with E-state index < -0.39 is 23.2 Å². The second-order valence-electron chi connectivity index (χ2n) is 4.80. The molecule has 0 aliphatic carbocycles. The largest absolute Gasteiger partial charge is 0.480 e. The summed E-state index contributed by atoms with van der Waals surface area (Å²) in [5, 5.41) is 14.0. The van der Waals surface area contributed by atoms with Crippen LogP contribution in [0.3, 0.4) is 0 Å². The summed E-state index contributed by atoms with van der Waals surface area (Å²) in [5.74, 6) is -1.89. The molecule has 0 heterocycles. The standard InChI is InChI=1S/C13H17FN2O3/c1-8-4-5-9(6-10(8)14)16-11(17)7-15-13(2,3)12(18)19/h4-6,15H,7H2,1-3H3,(H,16,17)(H,18,19). The number of carbonyl (C=O) groups is 2. The molecule has 3 N–H and O–H groups in total. The van der Waals surface area contributed by atoms with Crippen molar-refractivity contribution in [1.29, 1.82) is 0 Å². The number of aryl methyl sites for hydroxylation is 1. The van der Waals surface area contributed by atoms with E-state index in [0.29, 0.717) is 11.3 Å². The summed E-state index contributed by atoms with van der Waals surface area (Å²) in [6.45, 7) is 4.36. The number of nitrogens with one attached hydrogen (secondary N) is 2. The zero-order valence-corrected chi connectivity index (χ0v) is 11.1. The third-order valence-corrected chi connectivity index (χ3v) is 2.68. The zero-order chi connectivity index (χ0) is 14.6. The lowest BCUT2D eigenvalue weighted by Crippen LogP contribution is -2.49. The van der Waals surface area contributed by atoms with E-state index >= 15 is 0 Å². The van der Waals surface area contributed by atoms with E-state index in [4.69, 9.17) is 5.11 Å². The third-order valence-electron chi connectivity index (χ3n) is 2.68. The lowest BCUT2D eigenvalue weighted by Gasteiger charge is -2.20. The fraction of sp³-hybridized carbons (Fsp3) is 0.385. The molecule has 0 unspecified atom stereocenters. The van der Waals surface area contributed by atoms with Crippen molar-refractivity contribution in [3.8, 4) is 0 Å². The van der Waals surface area contributed by atoms with Crippen molar-refractivity contribution >= 4 is 17.6 Å². The lowest BCUT2D eigenvalue weighted by atomic mass is 10.1. The highest BCUT2D eigenvalue weighted by Gasteiger charge is 2.26. The number of carboxylic acids is 1. The van der Waals surface area contributed by atoms with E-state index in [2.05, 4.69) is 10.6 Å². The van der Waals surface area contributed by atoms with Gasteiger partial charge in [-0.15, -0.1) is 0 Å². The Balaban J connectivity index is 2.56. The predicted octanol–water partition coefficient (Wildman–Crippen LogP) is 1.53. The fourth-order valence-corrected chi connectivity index (χ4v) is 1.25. The van der Waals surface area contributed by atoms with E-state index in [1.54, 1.807) is 19.1 Å². The van der Waals surface area contributed by atoms with Crippen LogP contribution in [0.5, 0.6) is 0 Å². The Hall–Kier alpha value is -1.95. The Morgan fingerprint density at radius 3 is 2.53 bits per heavy atom. The van der Waals surface area contributed by atoms with E-state index in [1.807, 2.05) is 0 Å². The van der Waals surface area contributed by atoms with Crippen LogP contribution in [0.1, 0.15) is 19.4 Å². The van der Waals surface area contributed by atoms with Crippen LogP contribution < -0.4 is 10.6 Å². The highest BCUT2D eigenvalue weighted by molar-refractivity contribution is 5.92. The number of halogens is 1. The van der Waals surface area contributed by atoms with Gasteiger partial charge in [-0.3, -0.25) is 14.9 Å². The number of anilines is 1. The van der Waals surface area contributed by atoms with E-state index in [0.717, 1.165) is 0 Å². The minimum Gasteiger partial charge on any atom is -0.480 e. The monoisotopic (exact) mass is 268 g/mol. The van der Waals surface area contributed by atoms with Gasteiger partial charge in [0.15, 0.2) is 0 Å². The van der Waals surface area contributed by atoms with Crippen LogP contribution in [0.25, 0.3) is 0 Å². The summed E-state index contributed by atoms with van der Waals surface area (Å²) in [7, 11) is 0. The van der Waals surface area contributed by atoms with Crippen molar-refractivity contribution < 1.29 is 19.1 Å². The Bertz CT molecular complexity index is 501. The highest BCUT2D eigenvalue weighted by Crippen LogP contribution is 2.13. The number of aliphatic carboxylic acids is 1. The van der Waals surface area contributed by atoms with Crippen molar-refractivity contribution in [2.24, 2.45) is 0 Å². The van der Waals surface area contributed by atoms with Gasteiger partial charge in [-0.1, -0.05) is 6.07 Å². The number of rotatable bonds is 5. The lowest BCUT2D eigenvalue weighted by molar-refractivity contribution is -0.143. The molecular weight excluding hydrogens is 251 g/mol. The van der Waals surface area contributed by atoms with Crippen molar-refractivity contribution in [3.63, 3.8) is 0 Å². The Kier molecular flexibility index (Phi) is 4.61. The molecule has 0 aromatic heterocycles. The van der Waals surface area contributed by atoms with Crippen LogP contribution in [0.15, 0.2) is 18.2 Å². The van der Waals surface area contributed by atoms with Crippen molar-refractivity contribution in [2.75, 3.05) is 11.9 Å². The molecule has 0 atom stereocenters. The molecule has 0 aliphatic rings. The van der Waals surface area contributed by atoms with Crippen LogP contribution >= 0.6 is 0 Å². The van der Waals surface area contributed by atoms with Gasteiger partial charge in [0.05, 0.1) is 6.54 Å². The normalized spacial score (nSPS) is 11.2. The summed E-state index contributed by atoms with van der Waals surface area (Å²) in [6, 6.07) is 4.35. The van der Waals surface area contributed by atoms with Crippen molar-refractivity contribution in [3.05, 3.63) is 29.6 Å². The molecule has 0 radical (unpaired) electrons. The molecule has 0 spiro atoms. The molecule has 104 valence electrons. The average Bonchev–Trinajstić information content (AvgIpc) is 2.31. The molecule has 0 aliphatic heterocycles. The summed E-state index contributed by atoms with van der Waals surface area (Å²) in [5.41, 5.74) is -0.373. The average molecular weight is 268 g/mol. The molecule has 1 aromatic rings. The van der Waals surface area contributed by atoms with Gasteiger partial charge in [-0.05, 0) is 38.5 Å². The first-order valence-electron chi connectivity index (χ1n) is 5.77. The Morgan fingerprint density at radius 1 is 1.37 bits per heavy atom. The maximum Gasteiger partial charge on any atom is 0.323 e. The van der Waals surface area contributed by atoms with Gasteiger partial charge in [0.1, 0.15) is 11.4 Å². The maximum absolute atomic E-state index is 13.3. The maximum atomic E-state index is 13.3. The SMILES string of the molecule is Cc1ccc(NC(=O)CNC(C)(C)C(=O)O)cc1F. The van der Waals surface area contributed by atoms with Gasteiger partial charge in [-0.25, -0.2) is 4.39 Å². The summed E-state index contributed by atoms with van der Waals surface area (Å²) in [4.78, 5) is 22.4. The van der Waals surface area contributed by atoms with Crippen LogP contribution in [-0.2, 0) is 9.59 Å². The summed E-state index contributed by atoms with van der Waals surface area (Å²) in [6.07, 6.45) is 0. The molecule has 0 fully saturated rings. The number of benzene rings is 1. The van der Waals surface area contributed by atoms with Gasteiger partial charge in [0.25, 0.3) is 0 Å². The molecular formula is C13H17FN2O3. The summed E-state index contributed by atoms with van der Waals surface area (Å²) < 4.78 is 13.3. The van der Waals surface area contributed by atoms with Gasteiger partial charge < -0.3 is 10.4 Å². The van der Waals surface area contributed by atoms with E-state index in [-0.39, 0.29) is 6.54 Å². The minimum atomic E-state index is -1.20. The van der Waals surface area contributed by atoms with Crippen LogP contribution in [0.4, 0.5) is 10.1 Å². The molecule has 0 saturated carbocycles. The fourth-order valence-electron chi connectivity index (χ4n) is 1.25. The van der Waals surface area contributed by atoms with Crippen molar-refractivity contribution in [1.82, 2.24) is 5.32 Å². The smallest absolute Gasteiger partial charge is 0.323 e. The number of carbonyl (C=O) groups excluding carboxylic acids is 1. The first-order chi connectivity index (χ1) is 8.72. The number of carboxylic acid groups (broad SMARTS) is 1. The zero-order valence-electron chi connectivity index (χ0n) is 11.1. The van der Waals surface area contributed by atoms with Gasteiger partial charge in [0.2, 0.25) is 5.91 Å². The van der Waals surface area contributed by atoms with Gasteiger partial charge in [-0.2, -0.15) is 0 Å². The molecule has 1 amide bonds. The first kappa shape index (κ1) is 15.1. The topological polar surface area (TPSA) is 78.4 Å². The predicted molar refractivity (Wildman–Crippen MR) is 69.5 cm³/mol. The third kappa shape index (κ3) is 4.33. The van der Waals surface area contributed by atoms with Crippen LogP contribution in [0, 0.1) is 12.7 Å². The van der Waals surface area contributed by atoms with Crippen LogP contribution in [-0.4, -0.2) is 29.1 Å². The second kappa shape index (κ2) is 5.79. The van der Waals surface area contributed by atoms with E-state index in [1.165, 1.54) is 19.9 Å². The minimum absolute atomic E-state index is 0.172.